The third-order valence-electron chi connectivity index (χ3n) is 3.54. The topological polar surface area (TPSA) is 38.3 Å². The summed E-state index contributed by atoms with van der Waals surface area (Å²) in [6.45, 7) is 2.94. The predicted octanol–water partition coefficient (Wildman–Crippen LogP) is 3.71. The van der Waals surface area contributed by atoms with Crippen molar-refractivity contribution in [3.63, 3.8) is 0 Å². The van der Waals surface area contributed by atoms with E-state index < -0.39 is 0 Å². The second-order valence-corrected chi connectivity index (χ2v) is 4.94. The molecule has 1 N–H and O–H groups in total. The number of carbonyl (C=O) groups excluding carboxylic acids is 1. The lowest BCUT2D eigenvalue weighted by Gasteiger charge is -2.17. The van der Waals surface area contributed by atoms with E-state index in [1.165, 1.54) is 12.7 Å². The summed E-state index contributed by atoms with van der Waals surface area (Å²) in [6.07, 6.45) is 1.03. The van der Waals surface area contributed by atoms with Crippen LogP contribution in [0.1, 0.15) is 40.9 Å². The standard InChI is InChI=1S/C18H21NO2/c1-3-17(15-7-5-4-6-8-15)19-13-14-9-11-16(12-10-14)18(20)21-2/h4-12,17,19H,3,13H2,1-2H3/t17-/m0/s1. The largest absolute Gasteiger partial charge is 0.465 e. The fourth-order valence-electron chi connectivity index (χ4n) is 2.30. The molecule has 0 aromatic heterocycles. The monoisotopic (exact) mass is 283 g/mol. The molecule has 0 saturated heterocycles. The third-order valence-corrected chi connectivity index (χ3v) is 3.54. The molecule has 2 aromatic carbocycles. The first kappa shape index (κ1) is 15.3. The summed E-state index contributed by atoms with van der Waals surface area (Å²) in [4.78, 5) is 11.4. The van der Waals surface area contributed by atoms with Gasteiger partial charge in [0.05, 0.1) is 12.7 Å². The summed E-state index contributed by atoms with van der Waals surface area (Å²) in [6, 6.07) is 18.3. The van der Waals surface area contributed by atoms with Crippen LogP contribution < -0.4 is 5.32 Å². The molecule has 1 atom stereocenters. The van der Waals surface area contributed by atoms with Crippen molar-refractivity contribution < 1.29 is 9.53 Å². The zero-order valence-corrected chi connectivity index (χ0v) is 12.5. The van der Waals surface area contributed by atoms with Crippen LogP contribution in [0.4, 0.5) is 0 Å². The van der Waals surface area contributed by atoms with Crippen molar-refractivity contribution in [1.82, 2.24) is 5.32 Å². The second kappa shape index (κ2) is 7.60. The Balaban J connectivity index is 1.97. The maximum absolute atomic E-state index is 11.4. The van der Waals surface area contributed by atoms with Crippen molar-refractivity contribution in [3.05, 3.63) is 71.3 Å². The Bertz CT molecular complexity index is 564. The van der Waals surface area contributed by atoms with Gasteiger partial charge < -0.3 is 10.1 Å². The molecule has 0 unspecified atom stereocenters. The molecule has 2 aromatic rings. The van der Waals surface area contributed by atoms with Crippen LogP contribution in [0.2, 0.25) is 0 Å². The van der Waals surface area contributed by atoms with Crippen molar-refractivity contribution in [2.75, 3.05) is 7.11 Å². The molecule has 0 spiro atoms. The first-order valence-electron chi connectivity index (χ1n) is 7.20. The minimum atomic E-state index is -0.301. The number of methoxy groups -OCH3 is 1. The van der Waals surface area contributed by atoms with E-state index in [0.29, 0.717) is 11.6 Å². The van der Waals surface area contributed by atoms with Crippen molar-refractivity contribution >= 4 is 5.97 Å². The highest BCUT2D eigenvalue weighted by Crippen LogP contribution is 2.17. The molecule has 0 saturated carbocycles. The SMILES string of the molecule is CC[C@H](NCc1ccc(C(=O)OC)cc1)c1ccccc1. The molecule has 0 radical (unpaired) electrons. The smallest absolute Gasteiger partial charge is 0.337 e. The van der Waals surface area contributed by atoms with Crippen LogP contribution in [0.25, 0.3) is 0 Å². The molecule has 0 aliphatic heterocycles. The fourth-order valence-corrected chi connectivity index (χ4v) is 2.30. The van der Waals surface area contributed by atoms with Gasteiger partial charge in [-0.05, 0) is 29.7 Å². The Morgan fingerprint density at radius 3 is 2.33 bits per heavy atom. The van der Waals surface area contributed by atoms with Crippen molar-refractivity contribution in [2.45, 2.75) is 25.9 Å². The van der Waals surface area contributed by atoms with Gasteiger partial charge in [-0.25, -0.2) is 4.79 Å². The molecule has 3 nitrogen and oxygen atoms in total. The average molecular weight is 283 g/mol. The molecule has 0 bridgehead atoms. The molecule has 0 aliphatic rings. The highest BCUT2D eigenvalue weighted by atomic mass is 16.5. The van der Waals surface area contributed by atoms with Crippen LogP contribution in [0.15, 0.2) is 54.6 Å². The maximum Gasteiger partial charge on any atom is 0.337 e. The Kier molecular flexibility index (Phi) is 5.52. The molecule has 0 fully saturated rings. The first-order valence-corrected chi connectivity index (χ1v) is 7.20. The Morgan fingerprint density at radius 2 is 1.76 bits per heavy atom. The lowest BCUT2D eigenvalue weighted by atomic mass is 10.0. The predicted molar refractivity (Wildman–Crippen MR) is 84.1 cm³/mol. The summed E-state index contributed by atoms with van der Waals surface area (Å²) in [5.41, 5.74) is 3.03. The summed E-state index contributed by atoms with van der Waals surface area (Å²) in [7, 11) is 1.39. The zero-order chi connectivity index (χ0) is 15.1. The molecule has 110 valence electrons. The first-order chi connectivity index (χ1) is 10.2. The van der Waals surface area contributed by atoms with Crippen molar-refractivity contribution in [1.29, 1.82) is 0 Å². The minimum absolute atomic E-state index is 0.301. The van der Waals surface area contributed by atoms with Gasteiger partial charge >= 0.3 is 5.97 Å². The quantitative estimate of drug-likeness (QED) is 0.821. The van der Waals surface area contributed by atoms with Crippen molar-refractivity contribution in [2.24, 2.45) is 0 Å². The number of ether oxygens (including phenoxy) is 1. The Hall–Kier alpha value is -2.13. The molecule has 2 rings (SSSR count). The number of carbonyl (C=O) groups is 1. The lowest BCUT2D eigenvalue weighted by Crippen LogP contribution is -2.20. The van der Waals surface area contributed by atoms with Crippen LogP contribution in [-0.4, -0.2) is 13.1 Å². The normalized spacial score (nSPS) is 11.9. The summed E-state index contributed by atoms with van der Waals surface area (Å²) >= 11 is 0. The van der Waals surface area contributed by atoms with Gasteiger partial charge in [-0.15, -0.1) is 0 Å². The number of nitrogens with one attached hydrogen (secondary N) is 1. The van der Waals surface area contributed by atoms with Gasteiger partial charge in [-0.3, -0.25) is 0 Å². The van der Waals surface area contributed by atoms with Crippen molar-refractivity contribution in [3.8, 4) is 0 Å². The molecular weight excluding hydrogens is 262 g/mol. The van der Waals surface area contributed by atoms with Crippen LogP contribution in [0.5, 0.6) is 0 Å². The number of rotatable bonds is 6. The Morgan fingerprint density at radius 1 is 1.10 bits per heavy atom. The van der Waals surface area contributed by atoms with Gasteiger partial charge in [0.1, 0.15) is 0 Å². The summed E-state index contributed by atoms with van der Waals surface area (Å²) < 4.78 is 4.69. The van der Waals surface area contributed by atoms with E-state index in [0.717, 1.165) is 18.5 Å². The highest BCUT2D eigenvalue weighted by Gasteiger charge is 2.08. The molecule has 0 amide bonds. The number of hydrogen-bond donors (Lipinski definition) is 1. The van der Waals surface area contributed by atoms with Gasteiger partial charge in [0.2, 0.25) is 0 Å². The average Bonchev–Trinajstić information content (AvgIpc) is 2.56. The lowest BCUT2D eigenvalue weighted by molar-refractivity contribution is 0.0600. The number of benzene rings is 2. The molecule has 3 heteroatoms. The van der Waals surface area contributed by atoms with Gasteiger partial charge in [0.15, 0.2) is 0 Å². The summed E-state index contributed by atoms with van der Waals surface area (Å²) in [5, 5.41) is 3.55. The van der Waals surface area contributed by atoms with E-state index in [-0.39, 0.29) is 5.97 Å². The van der Waals surface area contributed by atoms with Gasteiger partial charge in [0.25, 0.3) is 0 Å². The molecule has 0 aliphatic carbocycles. The van der Waals surface area contributed by atoms with Gasteiger partial charge in [-0.2, -0.15) is 0 Å². The minimum Gasteiger partial charge on any atom is -0.465 e. The van der Waals surface area contributed by atoms with E-state index >= 15 is 0 Å². The van der Waals surface area contributed by atoms with E-state index in [4.69, 9.17) is 4.74 Å². The van der Waals surface area contributed by atoms with E-state index in [2.05, 4.69) is 36.5 Å². The van der Waals surface area contributed by atoms with Gasteiger partial charge in [0, 0.05) is 12.6 Å². The van der Waals surface area contributed by atoms with Crippen LogP contribution in [0, 0.1) is 0 Å². The fraction of sp³-hybridized carbons (Fsp3) is 0.278. The maximum atomic E-state index is 11.4. The van der Waals surface area contributed by atoms with E-state index in [1.54, 1.807) is 12.1 Å². The molecule has 21 heavy (non-hydrogen) atoms. The number of hydrogen-bond acceptors (Lipinski definition) is 3. The Labute approximate surface area is 126 Å². The molecule has 0 heterocycles. The second-order valence-electron chi connectivity index (χ2n) is 4.94. The van der Waals surface area contributed by atoms with Crippen LogP contribution in [0.3, 0.4) is 0 Å². The van der Waals surface area contributed by atoms with E-state index in [9.17, 15) is 4.79 Å². The zero-order valence-electron chi connectivity index (χ0n) is 12.5. The van der Waals surface area contributed by atoms with Gasteiger partial charge in [-0.1, -0.05) is 49.4 Å². The van der Waals surface area contributed by atoms with Crippen LogP contribution in [-0.2, 0) is 11.3 Å². The van der Waals surface area contributed by atoms with E-state index in [1.807, 2.05) is 18.2 Å². The molecular formula is C18H21NO2. The summed E-state index contributed by atoms with van der Waals surface area (Å²) in [5.74, 6) is -0.301. The number of esters is 1. The highest BCUT2D eigenvalue weighted by molar-refractivity contribution is 5.89. The third kappa shape index (κ3) is 4.17. The van der Waals surface area contributed by atoms with Crippen LogP contribution >= 0.6 is 0 Å².